The highest BCUT2D eigenvalue weighted by Gasteiger charge is 2.31. The van der Waals surface area contributed by atoms with Crippen LogP contribution in [0.2, 0.25) is 0 Å². The van der Waals surface area contributed by atoms with Gasteiger partial charge in [-0.1, -0.05) is 31.9 Å². The van der Waals surface area contributed by atoms with Crippen LogP contribution in [0.3, 0.4) is 0 Å². The highest BCUT2D eigenvalue weighted by molar-refractivity contribution is 5.87. The molecule has 1 rings (SSSR count). The molecule has 1 aromatic carbocycles. The van der Waals surface area contributed by atoms with E-state index in [9.17, 15) is 27.2 Å². The number of halogens is 4. The summed E-state index contributed by atoms with van der Waals surface area (Å²) in [7, 11) is 0. The van der Waals surface area contributed by atoms with E-state index >= 15 is 0 Å². The van der Waals surface area contributed by atoms with Crippen molar-refractivity contribution in [3.8, 4) is 0 Å². The Kier molecular flexibility index (Phi) is 6.53. The summed E-state index contributed by atoms with van der Waals surface area (Å²) in [4.78, 5) is 22.7. The molecule has 23 heavy (non-hydrogen) atoms. The van der Waals surface area contributed by atoms with E-state index in [1.54, 1.807) is 0 Å². The molecule has 0 fully saturated rings. The molecule has 0 saturated heterocycles. The van der Waals surface area contributed by atoms with Crippen LogP contribution in [-0.4, -0.2) is 23.0 Å². The lowest BCUT2D eigenvalue weighted by Crippen LogP contribution is -2.42. The third-order valence-corrected chi connectivity index (χ3v) is 3.22. The number of carboxylic acids is 1. The summed E-state index contributed by atoms with van der Waals surface area (Å²) in [5.74, 6) is -2.47. The van der Waals surface area contributed by atoms with E-state index in [4.69, 9.17) is 5.11 Å². The van der Waals surface area contributed by atoms with Gasteiger partial charge in [-0.2, -0.15) is 13.2 Å². The number of nitrogens with one attached hydrogen (secondary N) is 1. The second kappa shape index (κ2) is 7.94. The molecular formula is C15H17F4NO3. The smallest absolute Gasteiger partial charge is 0.416 e. The Morgan fingerprint density at radius 1 is 1.22 bits per heavy atom. The number of benzene rings is 1. The molecule has 2 atom stereocenters. The zero-order chi connectivity index (χ0) is 17.6. The summed E-state index contributed by atoms with van der Waals surface area (Å²) in [6.07, 6.45) is -5.40. The molecule has 8 heteroatoms. The number of amides is 1. The Labute approximate surface area is 130 Å². The fraction of sp³-hybridized carbons (Fsp3) is 0.467. The lowest BCUT2D eigenvalue weighted by atomic mass is 10.1. The molecule has 0 radical (unpaired) electrons. The third-order valence-electron chi connectivity index (χ3n) is 3.22. The summed E-state index contributed by atoms with van der Waals surface area (Å²) in [5, 5.41) is 11.0. The molecule has 0 aliphatic heterocycles. The highest BCUT2D eigenvalue weighted by Crippen LogP contribution is 2.30. The maximum absolute atomic E-state index is 14.0. The van der Waals surface area contributed by atoms with Gasteiger partial charge in [-0.3, -0.25) is 4.79 Å². The van der Waals surface area contributed by atoms with Gasteiger partial charge in [-0.05, 0) is 24.1 Å². The van der Waals surface area contributed by atoms with Crippen LogP contribution >= 0.6 is 0 Å². The standard InChI is InChI=1S/C15H17F4NO3/c1-2-3-4-11(14(22)23)20-13(21)12(16)9-5-7-10(8-6-9)15(17,18)19/h5-8,11-12H,2-4H2,1H3,(H,20,21)(H,22,23)/t11-,12?/m0/s1. The van der Waals surface area contributed by atoms with Crippen LogP contribution in [0.25, 0.3) is 0 Å². The average Bonchev–Trinajstić information content (AvgIpc) is 2.49. The van der Waals surface area contributed by atoms with Crippen LogP contribution in [0.4, 0.5) is 17.6 Å². The summed E-state index contributed by atoms with van der Waals surface area (Å²) in [6.45, 7) is 1.83. The largest absolute Gasteiger partial charge is 0.480 e. The lowest BCUT2D eigenvalue weighted by Gasteiger charge is -2.16. The molecule has 0 aliphatic rings. The topological polar surface area (TPSA) is 66.4 Å². The fourth-order valence-electron chi connectivity index (χ4n) is 1.90. The van der Waals surface area contributed by atoms with Crippen molar-refractivity contribution >= 4 is 11.9 Å². The molecule has 1 amide bonds. The maximum Gasteiger partial charge on any atom is 0.416 e. The molecule has 0 heterocycles. The van der Waals surface area contributed by atoms with Gasteiger partial charge in [-0.25, -0.2) is 9.18 Å². The third kappa shape index (κ3) is 5.54. The van der Waals surface area contributed by atoms with Gasteiger partial charge in [0, 0.05) is 0 Å². The van der Waals surface area contributed by atoms with E-state index in [0.717, 1.165) is 12.1 Å². The Balaban J connectivity index is 2.77. The minimum absolute atomic E-state index is 0.150. The van der Waals surface area contributed by atoms with Crippen molar-refractivity contribution < 1.29 is 32.3 Å². The number of carboxylic acid groups (broad SMARTS) is 1. The molecule has 0 saturated carbocycles. The van der Waals surface area contributed by atoms with Gasteiger partial charge in [0.2, 0.25) is 6.17 Å². The molecule has 0 spiro atoms. The van der Waals surface area contributed by atoms with Crippen molar-refractivity contribution in [3.05, 3.63) is 35.4 Å². The van der Waals surface area contributed by atoms with E-state index in [2.05, 4.69) is 5.32 Å². The van der Waals surface area contributed by atoms with Crippen LogP contribution in [0.1, 0.15) is 43.5 Å². The SMILES string of the molecule is CCCC[C@H](NC(=O)C(F)c1ccc(C(F)(F)F)cc1)C(=O)O. The minimum atomic E-state index is -4.55. The van der Waals surface area contributed by atoms with Crippen molar-refractivity contribution in [1.29, 1.82) is 0 Å². The number of carbonyl (C=O) groups is 2. The van der Waals surface area contributed by atoms with Crippen LogP contribution in [-0.2, 0) is 15.8 Å². The van der Waals surface area contributed by atoms with E-state index in [1.807, 2.05) is 6.92 Å². The first-order chi connectivity index (χ1) is 10.7. The Morgan fingerprint density at radius 3 is 2.22 bits per heavy atom. The molecule has 1 aromatic rings. The number of unbranched alkanes of at least 4 members (excludes halogenated alkanes) is 1. The molecular weight excluding hydrogens is 318 g/mol. The van der Waals surface area contributed by atoms with Gasteiger partial charge in [0.1, 0.15) is 6.04 Å². The first-order valence-corrected chi connectivity index (χ1v) is 7.01. The number of hydrogen-bond donors (Lipinski definition) is 2. The molecule has 1 unspecified atom stereocenters. The molecule has 0 aromatic heterocycles. The maximum atomic E-state index is 14.0. The van der Waals surface area contributed by atoms with E-state index in [0.29, 0.717) is 25.0 Å². The molecule has 0 bridgehead atoms. The van der Waals surface area contributed by atoms with Gasteiger partial charge < -0.3 is 10.4 Å². The van der Waals surface area contributed by atoms with Gasteiger partial charge in [0.25, 0.3) is 5.91 Å². The number of alkyl halides is 4. The molecule has 128 valence electrons. The van der Waals surface area contributed by atoms with Crippen LogP contribution < -0.4 is 5.32 Å². The Morgan fingerprint density at radius 2 is 1.78 bits per heavy atom. The number of aliphatic carboxylic acids is 1. The van der Waals surface area contributed by atoms with Crippen molar-refractivity contribution in [3.63, 3.8) is 0 Å². The summed E-state index contributed by atoms with van der Waals surface area (Å²) in [5.41, 5.74) is -1.23. The van der Waals surface area contributed by atoms with Crippen molar-refractivity contribution in [2.75, 3.05) is 0 Å². The fourth-order valence-corrected chi connectivity index (χ4v) is 1.90. The second-order valence-electron chi connectivity index (χ2n) is 5.02. The summed E-state index contributed by atoms with van der Waals surface area (Å²) >= 11 is 0. The van der Waals surface area contributed by atoms with Crippen LogP contribution in [0, 0.1) is 0 Å². The first kappa shape index (κ1) is 18.9. The monoisotopic (exact) mass is 335 g/mol. The first-order valence-electron chi connectivity index (χ1n) is 7.01. The van der Waals surface area contributed by atoms with Gasteiger partial charge in [0.05, 0.1) is 5.56 Å². The van der Waals surface area contributed by atoms with E-state index < -0.39 is 35.8 Å². The molecule has 0 aliphatic carbocycles. The Bertz CT molecular complexity index is 543. The van der Waals surface area contributed by atoms with Gasteiger partial charge in [0.15, 0.2) is 0 Å². The number of carbonyl (C=O) groups excluding carboxylic acids is 1. The van der Waals surface area contributed by atoms with Crippen LogP contribution in [0.15, 0.2) is 24.3 Å². The zero-order valence-electron chi connectivity index (χ0n) is 12.4. The van der Waals surface area contributed by atoms with Crippen molar-refractivity contribution in [2.24, 2.45) is 0 Å². The minimum Gasteiger partial charge on any atom is -0.480 e. The molecule has 4 nitrogen and oxygen atoms in total. The summed E-state index contributed by atoms with van der Waals surface area (Å²) in [6, 6.07) is 1.82. The average molecular weight is 335 g/mol. The predicted molar refractivity (Wildman–Crippen MR) is 74.4 cm³/mol. The highest BCUT2D eigenvalue weighted by atomic mass is 19.4. The van der Waals surface area contributed by atoms with E-state index in [-0.39, 0.29) is 12.0 Å². The van der Waals surface area contributed by atoms with Crippen LogP contribution in [0.5, 0.6) is 0 Å². The lowest BCUT2D eigenvalue weighted by molar-refractivity contribution is -0.143. The Hall–Kier alpha value is -2.12. The zero-order valence-corrected chi connectivity index (χ0v) is 12.4. The normalized spacial score (nSPS) is 14.1. The second-order valence-corrected chi connectivity index (χ2v) is 5.02. The number of hydrogen-bond acceptors (Lipinski definition) is 2. The quantitative estimate of drug-likeness (QED) is 0.750. The number of rotatable bonds is 7. The molecule has 2 N–H and O–H groups in total. The van der Waals surface area contributed by atoms with Gasteiger partial charge in [-0.15, -0.1) is 0 Å². The van der Waals surface area contributed by atoms with Crippen molar-refractivity contribution in [2.45, 2.75) is 44.6 Å². The van der Waals surface area contributed by atoms with E-state index in [1.165, 1.54) is 0 Å². The van der Waals surface area contributed by atoms with Gasteiger partial charge >= 0.3 is 12.1 Å². The predicted octanol–water partition coefficient (Wildman–Crippen LogP) is 3.48. The summed E-state index contributed by atoms with van der Waals surface area (Å²) < 4.78 is 51.3. The van der Waals surface area contributed by atoms with Crippen molar-refractivity contribution in [1.82, 2.24) is 5.32 Å².